The van der Waals surface area contributed by atoms with Gasteiger partial charge in [0.2, 0.25) is 0 Å². The van der Waals surface area contributed by atoms with E-state index in [1.807, 2.05) is 26.1 Å². The minimum atomic E-state index is 0.460. The smallest absolute Gasteiger partial charge is 0.147 e. The van der Waals surface area contributed by atoms with E-state index in [-0.39, 0.29) is 0 Å². The SMILES string of the molecule is CNCC1CCCN1c1nc(C)ccc1C#N. The summed E-state index contributed by atoms with van der Waals surface area (Å²) in [5.74, 6) is 0.852. The first-order valence-corrected chi connectivity index (χ1v) is 6.05. The molecule has 0 saturated carbocycles. The van der Waals surface area contributed by atoms with Crippen LogP contribution in [-0.2, 0) is 0 Å². The molecule has 2 heterocycles. The van der Waals surface area contributed by atoms with E-state index in [4.69, 9.17) is 5.26 Å². The quantitative estimate of drug-likeness (QED) is 0.854. The number of nitriles is 1. The van der Waals surface area contributed by atoms with Crippen molar-refractivity contribution in [1.29, 1.82) is 5.26 Å². The Kier molecular flexibility index (Phi) is 3.60. The van der Waals surface area contributed by atoms with Crippen molar-refractivity contribution >= 4 is 5.82 Å². The van der Waals surface area contributed by atoms with Crippen LogP contribution in [0, 0.1) is 18.3 Å². The minimum Gasteiger partial charge on any atom is -0.351 e. The third-order valence-electron chi connectivity index (χ3n) is 3.22. The lowest BCUT2D eigenvalue weighted by Crippen LogP contribution is -2.37. The maximum Gasteiger partial charge on any atom is 0.147 e. The number of anilines is 1. The summed E-state index contributed by atoms with van der Waals surface area (Å²) in [6.45, 7) is 3.91. The molecule has 1 N–H and O–H groups in total. The van der Waals surface area contributed by atoms with Gasteiger partial charge in [0.25, 0.3) is 0 Å². The molecule has 1 unspecified atom stereocenters. The van der Waals surface area contributed by atoms with E-state index < -0.39 is 0 Å². The summed E-state index contributed by atoms with van der Waals surface area (Å²) in [7, 11) is 1.96. The number of hydrogen-bond acceptors (Lipinski definition) is 4. The van der Waals surface area contributed by atoms with Crippen LogP contribution in [0.5, 0.6) is 0 Å². The predicted molar refractivity (Wildman–Crippen MR) is 68.0 cm³/mol. The summed E-state index contributed by atoms with van der Waals surface area (Å²) < 4.78 is 0. The molecule has 1 atom stereocenters. The lowest BCUT2D eigenvalue weighted by molar-refractivity contribution is 0.611. The molecule has 4 nitrogen and oxygen atoms in total. The summed E-state index contributed by atoms with van der Waals surface area (Å²) in [6, 6.07) is 6.46. The molecule has 1 fully saturated rings. The maximum absolute atomic E-state index is 9.15. The zero-order valence-electron chi connectivity index (χ0n) is 10.4. The molecule has 90 valence electrons. The number of hydrogen-bond donors (Lipinski definition) is 1. The molecule has 0 aliphatic carbocycles. The highest BCUT2D eigenvalue weighted by Crippen LogP contribution is 2.26. The summed E-state index contributed by atoms with van der Waals surface area (Å²) >= 11 is 0. The topological polar surface area (TPSA) is 52.0 Å². The van der Waals surface area contributed by atoms with Crippen LogP contribution >= 0.6 is 0 Å². The van der Waals surface area contributed by atoms with E-state index >= 15 is 0 Å². The molecule has 1 aliphatic rings. The van der Waals surface area contributed by atoms with E-state index in [1.165, 1.54) is 12.8 Å². The standard InChI is InChI=1S/C13H18N4/c1-10-5-6-11(8-14)13(16-10)17-7-3-4-12(17)9-15-2/h5-6,12,15H,3-4,7,9H2,1-2H3. The number of likely N-dealkylation sites (N-methyl/N-ethyl adjacent to an activating group) is 1. The highest BCUT2D eigenvalue weighted by molar-refractivity contribution is 5.55. The second kappa shape index (κ2) is 5.15. The molecule has 1 aromatic rings. The first-order valence-electron chi connectivity index (χ1n) is 6.05. The van der Waals surface area contributed by atoms with Gasteiger partial charge in [0.15, 0.2) is 0 Å². The Morgan fingerprint density at radius 1 is 1.59 bits per heavy atom. The predicted octanol–water partition coefficient (Wildman–Crippen LogP) is 1.45. The number of pyridine rings is 1. The third-order valence-corrected chi connectivity index (χ3v) is 3.22. The number of aryl methyl sites for hydroxylation is 1. The van der Waals surface area contributed by atoms with Crippen molar-refractivity contribution < 1.29 is 0 Å². The van der Waals surface area contributed by atoms with Gasteiger partial charge in [-0.15, -0.1) is 0 Å². The molecule has 17 heavy (non-hydrogen) atoms. The Balaban J connectivity index is 2.32. The number of nitrogens with zero attached hydrogens (tertiary/aromatic N) is 3. The summed E-state index contributed by atoms with van der Waals surface area (Å²) in [5.41, 5.74) is 1.65. The van der Waals surface area contributed by atoms with Gasteiger partial charge in [-0.2, -0.15) is 5.26 Å². The van der Waals surface area contributed by atoms with Crippen molar-refractivity contribution in [2.24, 2.45) is 0 Å². The van der Waals surface area contributed by atoms with Crippen LogP contribution < -0.4 is 10.2 Å². The Hall–Kier alpha value is -1.60. The van der Waals surface area contributed by atoms with E-state index in [9.17, 15) is 0 Å². The van der Waals surface area contributed by atoms with E-state index in [0.29, 0.717) is 11.6 Å². The Bertz CT molecular complexity index is 436. The highest BCUT2D eigenvalue weighted by Gasteiger charge is 2.26. The van der Waals surface area contributed by atoms with Gasteiger partial charge in [-0.1, -0.05) is 0 Å². The Morgan fingerprint density at radius 2 is 2.41 bits per heavy atom. The number of nitrogens with one attached hydrogen (secondary N) is 1. The first-order chi connectivity index (χ1) is 8.26. The molecule has 0 bridgehead atoms. The fourth-order valence-corrected chi connectivity index (χ4v) is 2.41. The Morgan fingerprint density at radius 3 is 3.12 bits per heavy atom. The van der Waals surface area contributed by atoms with Crippen LogP contribution in [0.3, 0.4) is 0 Å². The van der Waals surface area contributed by atoms with Crippen LogP contribution in [0.1, 0.15) is 24.1 Å². The zero-order valence-corrected chi connectivity index (χ0v) is 10.4. The van der Waals surface area contributed by atoms with Crippen molar-refractivity contribution in [1.82, 2.24) is 10.3 Å². The van der Waals surface area contributed by atoms with Crippen molar-refractivity contribution in [2.75, 3.05) is 25.0 Å². The van der Waals surface area contributed by atoms with Crippen LogP contribution in [0.4, 0.5) is 5.82 Å². The average Bonchev–Trinajstić information content (AvgIpc) is 2.77. The molecule has 0 spiro atoms. The number of aromatic nitrogens is 1. The monoisotopic (exact) mass is 230 g/mol. The molecule has 1 saturated heterocycles. The third kappa shape index (κ3) is 2.40. The highest BCUT2D eigenvalue weighted by atomic mass is 15.2. The summed E-state index contributed by atoms with van der Waals surface area (Å²) in [4.78, 5) is 6.80. The van der Waals surface area contributed by atoms with Gasteiger partial charge in [0, 0.05) is 24.8 Å². The summed E-state index contributed by atoms with van der Waals surface area (Å²) in [5, 5.41) is 12.4. The van der Waals surface area contributed by atoms with Crippen LogP contribution in [0.15, 0.2) is 12.1 Å². The number of rotatable bonds is 3. The van der Waals surface area contributed by atoms with Gasteiger partial charge in [0.1, 0.15) is 11.9 Å². The van der Waals surface area contributed by atoms with Gasteiger partial charge in [-0.05, 0) is 38.9 Å². The second-order valence-electron chi connectivity index (χ2n) is 4.48. The van der Waals surface area contributed by atoms with Crippen molar-refractivity contribution in [3.05, 3.63) is 23.4 Å². The average molecular weight is 230 g/mol. The summed E-state index contributed by atoms with van der Waals surface area (Å²) in [6.07, 6.45) is 2.34. The Labute approximate surface area is 102 Å². The molecular formula is C13H18N4. The molecular weight excluding hydrogens is 212 g/mol. The van der Waals surface area contributed by atoms with Gasteiger partial charge in [-0.25, -0.2) is 4.98 Å². The van der Waals surface area contributed by atoms with Crippen LogP contribution in [0.2, 0.25) is 0 Å². The van der Waals surface area contributed by atoms with Gasteiger partial charge >= 0.3 is 0 Å². The molecule has 0 radical (unpaired) electrons. The van der Waals surface area contributed by atoms with E-state index in [0.717, 1.165) is 24.6 Å². The molecule has 4 heteroatoms. The van der Waals surface area contributed by atoms with Crippen molar-refractivity contribution in [3.8, 4) is 6.07 Å². The van der Waals surface area contributed by atoms with Crippen LogP contribution in [0.25, 0.3) is 0 Å². The van der Waals surface area contributed by atoms with Crippen molar-refractivity contribution in [3.63, 3.8) is 0 Å². The molecule has 2 rings (SSSR count). The largest absolute Gasteiger partial charge is 0.351 e. The van der Waals surface area contributed by atoms with Gasteiger partial charge in [-0.3, -0.25) is 0 Å². The fraction of sp³-hybridized carbons (Fsp3) is 0.538. The zero-order chi connectivity index (χ0) is 12.3. The lowest BCUT2D eigenvalue weighted by atomic mass is 10.2. The van der Waals surface area contributed by atoms with Gasteiger partial charge in [0.05, 0.1) is 5.56 Å². The molecule has 0 aromatic carbocycles. The molecule has 0 amide bonds. The second-order valence-corrected chi connectivity index (χ2v) is 4.48. The van der Waals surface area contributed by atoms with Crippen molar-refractivity contribution in [2.45, 2.75) is 25.8 Å². The fourth-order valence-electron chi connectivity index (χ4n) is 2.41. The van der Waals surface area contributed by atoms with Crippen LogP contribution in [-0.4, -0.2) is 31.2 Å². The van der Waals surface area contributed by atoms with Gasteiger partial charge < -0.3 is 10.2 Å². The minimum absolute atomic E-state index is 0.460. The van der Waals surface area contributed by atoms with E-state index in [1.54, 1.807) is 0 Å². The molecule has 1 aromatic heterocycles. The first kappa shape index (κ1) is 11.9. The maximum atomic E-state index is 9.15. The molecule has 1 aliphatic heterocycles. The normalized spacial score (nSPS) is 19.4. The lowest BCUT2D eigenvalue weighted by Gasteiger charge is -2.26. The van der Waals surface area contributed by atoms with E-state index in [2.05, 4.69) is 21.3 Å².